The summed E-state index contributed by atoms with van der Waals surface area (Å²) >= 11 is 0. The monoisotopic (exact) mass is 478 g/mol. The van der Waals surface area contributed by atoms with Crippen molar-refractivity contribution in [2.24, 2.45) is 10.9 Å². The van der Waals surface area contributed by atoms with Gasteiger partial charge < -0.3 is 24.7 Å². The van der Waals surface area contributed by atoms with E-state index in [1.54, 1.807) is 6.33 Å². The van der Waals surface area contributed by atoms with Gasteiger partial charge in [-0.05, 0) is 19.3 Å². The van der Waals surface area contributed by atoms with Crippen molar-refractivity contribution in [3.05, 3.63) is 12.2 Å². The molecule has 2 unspecified atom stereocenters. The molecule has 0 spiro atoms. The minimum atomic E-state index is 0. The van der Waals surface area contributed by atoms with Crippen LogP contribution in [0.2, 0.25) is 0 Å². The lowest BCUT2D eigenvalue weighted by atomic mass is 10.1. The van der Waals surface area contributed by atoms with Crippen LogP contribution in [0.3, 0.4) is 0 Å². The molecule has 0 amide bonds. The number of nitrogens with zero attached hydrogens (tertiary/aromatic N) is 4. The van der Waals surface area contributed by atoms with E-state index in [-0.39, 0.29) is 24.0 Å². The second kappa shape index (κ2) is 11.7. The van der Waals surface area contributed by atoms with Gasteiger partial charge in [0.1, 0.15) is 12.2 Å². The summed E-state index contributed by atoms with van der Waals surface area (Å²) in [4.78, 5) is 4.75. The predicted octanol–water partition coefficient (Wildman–Crippen LogP) is 1.21. The highest BCUT2D eigenvalue weighted by Crippen LogP contribution is 2.12. The van der Waals surface area contributed by atoms with E-state index in [1.165, 1.54) is 0 Å². The number of halogens is 1. The second-order valence-electron chi connectivity index (χ2n) is 6.66. The van der Waals surface area contributed by atoms with Gasteiger partial charge in [-0.3, -0.25) is 4.99 Å². The van der Waals surface area contributed by atoms with Crippen LogP contribution in [-0.4, -0.2) is 66.3 Å². The molecule has 1 aromatic heterocycles. The summed E-state index contributed by atoms with van der Waals surface area (Å²) in [5.41, 5.74) is 0. The van der Waals surface area contributed by atoms with Crippen molar-refractivity contribution in [1.29, 1.82) is 0 Å². The molecule has 2 atom stereocenters. The summed E-state index contributed by atoms with van der Waals surface area (Å²) < 4.78 is 13.2. The van der Waals surface area contributed by atoms with Gasteiger partial charge in [0, 0.05) is 51.7 Å². The average Bonchev–Trinajstić information content (AvgIpc) is 3.39. The molecule has 9 heteroatoms. The minimum Gasteiger partial charge on any atom is -0.381 e. The number of guanidine groups is 1. The number of aryl methyl sites for hydroxylation is 1. The average molecular weight is 478 g/mol. The molecule has 2 saturated heterocycles. The second-order valence-corrected chi connectivity index (χ2v) is 6.66. The number of ether oxygens (including phenoxy) is 2. The molecular formula is C17H31IN6O2. The SMILES string of the molecule is CCc1nncn1CCNC(=NCC1CCOC1)NCC1CCCO1.I. The van der Waals surface area contributed by atoms with Gasteiger partial charge in [-0.15, -0.1) is 34.2 Å². The molecule has 3 rings (SSSR count). The fraction of sp³-hybridized carbons (Fsp3) is 0.824. The zero-order chi connectivity index (χ0) is 17.3. The number of aliphatic imine (C=N–C) groups is 1. The molecule has 0 saturated carbocycles. The minimum absolute atomic E-state index is 0. The number of hydrogen-bond acceptors (Lipinski definition) is 5. The van der Waals surface area contributed by atoms with E-state index in [9.17, 15) is 0 Å². The highest BCUT2D eigenvalue weighted by atomic mass is 127. The van der Waals surface area contributed by atoms with E-state index in [1.807, 2.05) is 0 Å². The molecule has 2 aliphatic rings. The molecular weight excluding hydrogens is 447 g/mol. The van der Waals surface area contributed by atoms with Crippen molar-refractivity contribution < 1.29 is 9.47 Å². The van der Waals surface area contributed by atoms with Gasteiger partial charge in [-0.25, -0.2) is 0 Å². The molecule has 0 aromatic carbocycles. The first-order valence-corrected chi connectivity index (χ1v) is 9.43. The van der Waals surface area contributed by atoms with E-state index in [0.717, 1.165) is 83.5 Å². The zero-order valence-corrected chi connectivity index (χ0v) is 17.9. The smallest absolute Gasteiger partial charge is 0.191 e. The highest BCUT2D eigenvalue weighted by Gasteiger charge is 2.17. The zero-order valence-electron chi connectivity index (χ0n) is 15.5. The molecule has 8 nitrogen and oxygen atoms in total. The van der Waals surface area contributed by atoms with Crippen LogP contribution in [-0.2, 0) is 22.4 Å². The number of rotatable bonds is 8. The Balaban J connectivity index is 0.00000243. The Morgan fingerprint density at radius 2 is 2.27 bits per heavy atom. The van der Waals surface area contributed by atoms with Gasteiger partial charge >= 0.3 is 0 Å². The lowest BCUT2D eigenvalue weighted by Crippen LogP contribution is -2.42. The lowest BCUT2D eigenvalue weighted by Gasteiger charge is -2.16. The number of aromatic nitrogens is 3. The quantitative estimate of drug-likeness (QED) is 0.332. The van der Waals surface area contributed by atoms with Crippen LogP contribution in [0, 0.1) is 5.92 Å². The van der Waals surface area contributed by atoms with Gasteiger partial charge in [0.2, 0.25) is 0 Å². The van der Waals surface area contributed by atoms with Crippen molar-refractivity contribution in [2.45, 2.75) is 45.3 Å². The largest absolute Gasteiger partial charge is 0.381 e. The first-order chi connectivity index (χ1) is 12.3. The van der Waals surface area contributed by atoms with Gasteiger partial charge in [-0.2, -0.15) is 0 Å². The molecule has 3 heterocycles. The van der Waals surface area contributed by atoms with Crippen LogP contribution < -0.4 is 10.6 Å². The Hall–Kier alpha value is -0.940. The molecule has 0 aliphatic carbocycles. The Morgan fingerprint density at radius 3 is 3.00 bits per heavy atom. The Kier molecular flexibility index (Phi) is 9.62. The summed E-state index contributed by atoms with van der Waals surface area (Å²) in [6.07, 6.45) is 6.35. The van der Waals surface area contributed by atoms with Gasteiger partial charge in [0.25, 0.3) is 0 Å². The maximum absolute atomic E-state index is 5.69. The van der Waals surface area contributed by atoms with E-state index < -0.39 is 0 Å². The van der Waals surface area contributed by atoms with Crippen molar-refractivity contribution in [1.82, 2.24) is 25.4 Å². The molecule has 2 fully saturated rings. The van der Waals surface area contributed by atoms with Crippen LogP contribution in [0.5, 0.6) is 0 Å². The molecule has 0 radical (unpaired) electrons. The Bertz CT molecular complexity index is 541. The normalized spacial score (nSPS) is 23.0. The summed E-state index contributed by atoms with van der Waals surface area (Å²) in [6.45, 7) is 7.86. The molecule has 26 heavy (non-hydrogen) atoms. The van der Waals surface area contributed by atoms with Crippen molar-refractivity contribution in [3.8, 4) is 0 Å². The fourth-order valence-corrected chi connectivity index (χ4v) is 3.17. The standard InChI is InChI=1S/C17H30N6O2.HI/c1-2-16-22-21-13-23(16)7-6-18-17(19-10-14-5-9-24-12-14)20-11-15-4-3-8-25-15;/h13-15H,2-12H2,1H3,(H2,18,19,20);1H. The van der Waals surface area contributed by atoms with Crippen LogP contribution in [0.25, 0.3) is 0 Å². The van der Waals surface area contributed by atoms with Gasteiger partial charge in [-0.1, -0.05) is 6.92 Å². The van der Waals surface area contributed by atoms with Crippen LogP contribution in [0.15, 0.2) is 11.3 Å². The third-order valence-corrected chi connectivity index (χ3v) is 4.71. The van der Waals surface area contributed by atoms with E-state index in [4.69, 9.17) is 14.5 Å². The fourth-order valence-electron chi connectivity index (χ4n) is 3.17. The summed E-state index contributed by atoms with van der Waals surface area (Å²) in [7, 11) is 0. The summed E-state index contributed by atoms with van der Waals surface area (Å²) in [5, 5.41) is 14.9. The van der Waals surface area contributed by atoms with Crippen LogP contribution in [0.4, 0.5) is 0 Å². The molecule has 0 bridgehead atoms. The van der Waals surface area contributed by atoms with E-state index in [2.05, 4.69) is 32.3 Å². The lowest BCUT2D eigenvalue weighted by molar-refractivity contribution is 0.113. The van der Waals surface area contributed by atoms with Crippen LogP contribution in [0.1, 0.15) is 32.0 Å². The van der Waals surface area contributed by atoms with E-state index in [0.29, 0.717) is 12.0 Å². The predicted molar refractivity (Wildman–Crippen MR) is 111 cm³/mol. The number of nitrogens with one attached hydrogen (secondary N) is 2. The van der Waals surface area contributed by atoms with Gasteiger partial charge in [0.15, 0.2) is 5.96 Å². The molecule has 148 valence electrons. The highest BCUT2D eigenvalue weighted by molar-refractivity contribution is 14.0. The first kappa shape index (κ1) is 21.4. The third kappa shape index (κ3) is 6.66. The van der Waals surface area contributed by atoms with Crippen molar-refractivity contribution >= 4 is 29.9 Å². The Labute approximate surface area is 172 Å². The Morgan fingerprint density at radius 1 is 1.35 bits per heavy atom. The van der Waals surface area contributed by atoms with E-state index >= 15 is 0 Å². The topological polar surface area (TPSA) is 85.6 Å². The van der Waals surface area contributed by atoms with Crippen molar-refractivity contribution in [3.63, 3.8) is 0 Å². The summed E-state index contributed by atoms with van der Waals surface area (Å²) in [5.74, 6) is 2.40. The third-order valence-electron chi connectivity index (χ3n) is 4.71. The summed E-state index contributed by atoms with van der Waals surface area (Å²) in [6, 6.07) is 0. The maximum Gasteiger partial charge on any atom is 0.191 e. The van der Waals surface area contributed by atoms with Crippen LogP contribution >= 0.6 is 24.0 Å². The van der Waals surface area contributed by atoms with Crippen molar-refractivity contribution in [2.75, 3.05) is 39.5 Å². The molecule has 2 aliphatic heterocycles. The molecule has 1 aromatic rings. The maximum atomic E-state index is 5.69. The molecule has 2 N–H and O–H groups in total. The number of hydrogen-bond donors (Lipinski definition) is 2. The van der Waals surface area contributed by atoms with Gasteiger partial charge in [0.05, 0.1) is 12.7 Å². The first-order valence-electron chi connectivity index (χ1n) is 9.43.